The van der Waals surface area contributed by atoms with Crippen molar-refractivity contribution in [2.45, 2.75) is 24.9 Å². The van der Waals surface area contributed by atoms with E-state index in [0.29, 0.717) is 12.8 Å². The highest BCUT2D eigenvalue weighted by Crippen LogP contribution is 2.30. The molecule has 0 radical (unpaired) electrons. The number of amides is 1. The number of primary amides is 1. The quantitative estimate of drug-likeness (QED) is 0.770. The highest BCUT2D eigenvalue weighted by Gasteiger charge is 2.40. The van der Waals surface area contributed by atoms with E-state index in [1.54, 1.807) is 17.2 Å². The van der Waals surface area contributed by atoms with Gasteiger partial charge in [0.25, 0.3) is 0 Å². The molecule has 3 N–H and O–H groups in total. The number of aromatic nitrogens is 1. The van der Waals surface area contributed by atoms with Crippen LogP contribution < -0.4 is 10.6 Å². The van der Waals surface area contributed by atoms with Gasteiger partial charge in [0.15, 0.2) is 0 Å². The predicted octanol–water partition coefficient (Wildman–Crippen LogP) is -0.0676. The topological polar surface area (TPSA) is 88.6 Å². The fourth-order valence-electron chi connectivity index (χ4n) is 2.33. The predicted molar refractivity (Wildman–Crippen MR) is 61.5 cm³/mol. The number of carbonyl (C=O) groups excluding carboxylic acids is 1. The van der Waals surface area contributed by atoms with Gasteiger partial charge in [0.2, 0.25) is 5.91 Å². The monoisotopic (exact) mass is 237 g/mol. The molecular formula is C11H15N3O3. The fourth-order valence-corrected chi connectivity index (χ4v) is 2.33. The summed E-state index contributed by atoms with van der Waals surface area (Å²) in [5.74, 6) is -1.39. The maximum Gasteiger partial charge on any atom is 0.326 e. The van der Waals surface area contributed by atoms with E-state index in [2.05, 4.69) is 0 Å². The van der Waals surface area contributed by atoms with Crippen LogP contribution in [0.5, 0.6) is 0 Å². The van der Waals surface area contributed by atoms with Crippen molar-refractivity contribution in [3.8, 4) is 0 Å². The normalized spacial score (nSPS) is 23.9. The van der Waals surface area contributed by atoms with Crippen molar-refractivity contribution >= 4 is 17.6 Å². The molecular weight excluding hydrogens is 222 g/mol. The molecule has 1 aromatic heterocycles. The first-order chi connectivity index (χ1) is 8.00. The van der Waals surface area contributed by atoms with Crippen LogP contribution in [0.1, 0.15) is 12.8 Å². The van der Waals surface area contributed by atoms with Crippen molar-refractivity contribution in [2.24, 2.45) is 12.8 Å². The van der Waals surface area contributed by atoms with Crippen LogP contribution in [-0.2, 0) is 16.6 Å². The number of rotatable bonds is 3. The van der Waals surface area contributed by atoms with Crippen LogP contribution in [0.15, 0.2) is 18.5 Å². The van der Waals surface area contributed by atoms with E-state index in [9.17, 15) is 9.59 Å². The van der Waals surface area contributed by atoms with E-state index in [1.807, 2.05) is 17.8 Å². The first kappa shape index (κ1) is 11.5. The Bertz CT molecular complexity index is 433. The average Bonchev–Trinajstić information content (AvgIpc) is 2.81. The second kappa shape index (κ2) is 4.12. The molecule has 2 rings (SSSR count). The van der Waals surface area contributed by atoms with Gasteiger partial charge in [0, 0.05) is 19.4 Å². The van der Waals surface area contributed by atoms with Crippen LogP contribution in [0, 0.1) is 0 Å². The zero-order chi connectivity index (χ0) is 12.6. The Morgan fingerprint density at radius 1 is 1.41 bits per heavy atom. The average molecular weight is 237 g/mol. The summed E-state index contributed by atoms with van der Waals surface area (Å²) in [7, 11) is 1.84. The molecule has 0 bridgehead atoms. The van der Waals surface area contributed by atoms with Gasteiger partial charge in [0.05, 0.1) is 5.69 Å². The number of carboxylic acids is 1. The number of anilines is 1. The molecule has 1 aliphatic heterocycles. The summed E-state index contributed by atoms with van der Waals surface area (Å²) in [5, 5.41) is 9.15. The number of aliphatic carboxylic acids is 1. The number of carbonyl (C=O) groups is 2. The molecule has 1 aliphatic rings. The second-order valence-corrected chi connectivity index (χ2v) is 4.29. The first-order valence-corrected chi connectivity index (χ1v) is 5.43. The summed E-state index contributed by atoms with van der Waals surface area (Å²) in [6.07, 6.45) is 4.53. The highest BCUT2D eigenvalue weighted by molar-refractivity contribution is 5.89. The Morgan fingerprint density at radius 2 is 2.06 bits per heavy atom. The third-order valence-electron chi connectivity index (χ3n) is 3.11. The molecule has 6 heteroatoms. The standard InChI is InChI=1S/C11H15N3O3/c1-13-5-4-7(6-13)14-8(10(12)15)2-3-9(14)11(16)17/h4-6,8-9H,2-3H2,1H3,(H2,12,15)(H,16,17)/t8-,9+/m0/s1. The van der Waals surface area contributed by atoms with Gasteiger partial charge in [-0.05, 0) is 18.9 Å². The molecule has 0 spiro atoms. The van der Waals surface area contributed by atoms with Gasteiger partial charge in [-0.25, -0.2) is 4.79 Å². The van der Waals surface area contributed by atoms with Crippen molar-refractivity contribution < 1.29 is 14.7 Å². The van der Waals surface area contributed by atoms with Crippen molar-refractivity contribution in [1.82, 2.24) is 4.57 Å². The number of nitrogens with zero attached hydrogens (tertiary/aromatic N) is 2. The van der Waals surface area contributed by atoms with Crippen LogP contribution in [0.3, 0.4) is 0 Å². The van der Waals surface area contributed by atoms with Crippen molar-refractivity contribution in [1.29, 1.82) is 0 Å². The molecule has 6 nitrogen and oxygen atoms in total. The Balaban J connectivity index is 2.35. The molecule has 2 heterocycles. The van der Waals surface area contributed by atoms with Crippen LogP contribution in [0.25, 0.3) is 0 Å². The number of hydrogen-bond donors (Lipinski definition) is 2. The Kier molecular flexibility index (Phi) is 2.79. The van der Waals surface area contributed by atoms with Gasteiger partial charge in [-0.1, -0.05) is 0 Å². The van der Waals surface area contributed by atoms with E-state index in [4.69, 9.17) is 10.8 Å². The molecule has 1 aromatic rings. The molecule has 0 aliphatic carbocycles. The summed E-state index contributed by atoms with van der Waals surface area (Å²) in [6.45, 7) is 0. The fraction of sp³-hybridized carbons (Fsp3) is 0.455. The Morgan fingerprint density at radius 3 is 2.53 bits per heavy atom. The molecule has 0 unspecified atom stereocenters. The lowest BCUT2D eigenvalue weighted by Crippen LogP contribution is -2.46. The summed E-state index contributed by atoms with van der Waals surface area (Å²) in [5.41, 5.74) is 6.04. The van der Waals surface area contributed by atoms with Gasteiger partial charge in [-0.2, -0.15) is 0 Å². The van der Waals surface area contributed by atoms with Crippen LogP contribution in [0.2, 0.25) is 0 Å². The Hall–Kier alpha value is -1.98. The van der Waals surface area contributed by atoms with Crippen molar-refractivity contribution in [3.63, 3.8) is 0 Å². The zero-order valence-corrected chi connectivity index (χ0v) is 9.54. The lowest BCUT2D eigenvalue weighted by atomic mass is 10.2. The molecule has 1 amide bonds. The third-order valence-corrected chi connectivity index (χ3v) is 3.11. The summed E-state index contributed by atoms with van der Waals surface area (Å²) in [6, 6.07) is 0.588. The van der Waals surface area contributed by atoms with E-state index in [0.717, 1.165) is 5.69 Å². The van der Waals surface area contributed by atoms with E-state index in [1.165, 1.54) is 0 Å². The van der Waals surface area contributed by atoms with Gasteiger partial charge >= 0.3 is 5.97 Å². The lowest BCUT2D eigenvalue weighted by molar-refractivity contribution is -0.138. The zero-order valence-electron chi connectivity index (χ0n) is 9.54. The van der Waals surface area contributed by atoms with Crippen LogP contribution >= 0.6 is 0 Å². The Labute approximate surface area is 98.6 Å². The van der Waals surface area contributed by atoms with E-state index in [-0.39, 0.29) is 0 Å². The van der Waals surface area contributed by atoms with E-state index < -0.39 is 24.0 Å². The molecule has 1 saturated heterocycles. The smallest absolute Gasteiger partial charge is 0.326 e. The minimum Gasteiger partial charge on any atom is -0.480 e. The first-order valence-electron chi connectivity index (χ1n) is 5.43. The molecule has 2 atom stereocenters. The summed E-state index contributed by atoms with van der Waals surface area (Å²) >= 11 is 0. The SMILES string of the molecule is Cn1ccc(N2[C@@H](C(=O)O)CC[C@H]2C(N)=O)c1. The van der Waals surface area contributed by atoms with Crippen LogP contribution in [-0.4, -0.2) is 33.6 Å². The number of carboxylic acid groups (broad SMARTS) is 1. The lowest BCUT2D eigenvalue weighted by Gasteiger charge is -2.27. The van der Waals surface area contributed by atoms with Crippen LogP contribution in [0.4, 0.5) is 5.69 Å². The minimum absolute atomic E-state index is 0.442. The maximum atomic E-state index is 11.3. The van der Waals surface area contributed by atoms with Crippen molar-refractivity contribution in [3.05, 3.63) is 18.5 Å². The second-order valence-electron chi connectivity index (χ2n) is 4.29. The van der Waals surface area contributed by atoms with Gasteiger partial charge < -0.3 is 20.3 Å². The molecule has 1 fully saturated rings. The largest absolute Gasteiger partial charge is 0.480 e. The number of aryl methyl sites for hydroxylation is 1. The summed E-state index contributed by atoms with van der Waals surface area (Å²) in [4.78, 5) is 24.1. The van der Waals surface area contributed by atoms with Crippen molar-refractivity contribution in [2.75, 3.05) is 4.90 Å². The van der Waals surface area contributed by atoms with E-state index >= 15 is 0 Å². The number of nitrogens with two attached hydrogens (primary N) is 1. The molecule has 0 aromatic carbocycles. The molecule has 17 heavy (non-hydrogen) atoms. The number of hydrogen-bond acceptors (Lipinski definition) is 3. The molecule has 92 valence electrons. The highest BCUT2D eigenvalue weighted by atomic mass is 16.4. The summed E-state index contributed by atoms with van der Waals surface area (Å²) < 4.78 is 1.81. The molecule has 0 saturated carbocycles. The van der Waals surface area contributed by atoms with Gasteiger partial charge in [0.1, 0.15) is 12.1 Å². The van der Waals surface area contributed by atoms with Gasteiger partial charge in [-0.3, -0.25) is 4.79 Å². The maximum absolute atomic E-state index is 11.3. The van der Waals surface area contributed by atoms with Gasteiger partial charge in [-0.15, -0.1) is 0 Å². The third kappa shape index (κ3) is 1.98. The minimum atomic E-state index is -0.919.